The molecule has 2 rings (SSSR count). The van der Waals surface area contributed by atoms with E-state index in [1.165, 1.54) is 6.07 Å². The Hall–Kier alpha value is -1.81. The van der Waals surface area contributed by atoms with Crippen molar-refractivity contribution in [2.75, 3.05) is 0 Å². The van der Waals surface area contributed by atoms with Crippen LogP contribution in [0.5, 0.6) is 5.75 Å². The molecule has 1 aromatic rings. The molecule has 0 spiro atoms. The lowest BCUT2D eigenvalue weighted by Crippen LogP contribution is -2.28. The van der Waals surface area contributed by atoms with Gasteiger partial charge in [0.15, 0.2) is 6.29 Å². The Balaban J connectivity index is 2.45. The van der Waals surface area contributed by atoms with Crippen molar-refractivity contribution >= 4 is 5.97 Å². The monoisotopic (exact) mass is 276 g/mol. The lowest BCUT2D eigenvalue weighted by Gasteiger charge is -2.33. The van der Waals surface area contributed by atoms with Gasteiger partial charge in [0.05, 0.1) is 5.56 Å². The summed E-state index contributed by atoms with van der Waals surface area (Å²) in [5.41, 5.74) is 1.13. The second-order valence-corrected chi connectivity index (χ2v) is 5.07. The van der Waals surface area contributed by atoms with Crippen LogP contribution in [0, 0.1) is 5.92 Å². The molecule has 0 saturated carbocycles. The van der Waals surface area contributed by atoms with E-state index in [9.17, 15) is 9.90 Å². The first-order valence-electron chi connectivity index (χ1n) is 6.91. The maximum atomic E-state index is 11.1. The number of fused-ring (bicyclic) bond motifs is 1. The van der Waals surface area contributed by atoms with Crippen LogP contribution >= 0.6 is 0 Å². The summed E-state index contributed by atoms with van der Waals surface area (Å²) in [4.78, 5) is 11.1. The minimum Gasteiger partial charge on any atom is -0.478 e. The predicted octanol–water partition coefficient (Wildman–Crippen LogP) is 3.17. The maximum absolute atomic E-state index is 11.1. The first-order chi connectivity index (χ1) is 9.56. The highest BCUT2D eigenvalue weighted by atomic mass is 16.6. The average Bonchev–Trinajstić information content (AvgIpc) is 2.43. The molecule has 1 aliphatic rings. The van der Waals surface area contributed by atoms with Crippen molar-refractivity contribution in [3.8, 4) is 5.75 Å². The fourth-order valence-corrected chi connectivity index (χ4v) is 2.82. The largest absolute Gasteiger partial charge is 0.478 e. The first-order valence-corrected chi connectivity index (χ1v) is 6.91. The first kappa shape index (κ1) is 14.6. The molecule has 0 radical (unpaired) electrons. The topological polar surface area (TPSA) is 66.8 Å². The highest BCUT2D eigenvalue weighted by molar-refractivity contribution is 5.88. The third kappa shape index (κ3) is 2.85. The number of aromatic carboxylic acids is 1. The van der Waals surface area contributed by atoms with E-state index in [0.717, 1.165) is 12.0 Å². The number of carboxylic acids is 1. The van der Waals surface area contributed by atoms with Gasteiger partial charge < -0.3 is 14.9 Å². The number of carbonyl (C=O) groups is 1. The van der Waals surface area contributed by atoms with Gasteiger partial charge >= 0.3 is 5.97 Å². The molecule has 1 aromatic carbocycles. The van der Waals surface area contributed by atoms with Gasteiger partial charge in [-0.1, -0.05) is 19.1 Å². The van der Waals surface area contributed by atoms with Gasteiger partial charge in [-0.2, -0.15) is 0 Å². The molecule has 2 N–H and O–H groups in total. The van der Waals surface area contributed by atoms with Crippen LogP contribution in [0.25, 0.3) is 0 Å². The minimum absolute atomic E-state index is 0.0780. The van der Waals surface area contributed by atoms with E-state index >= 15 is 0 Å². The molecule has 4 nitrogen and oxygen atoms in total. The second-order valence-electron chi connectivity index (χ2n) is 5.07. The smallest absolute Gasteiger partial charge is 0.335 e. The van der Waals surface area contributed by atoms with Gasteiger partial charge in [0.25, 0.3) is 0 Å². The minimum atomic E-state index is -0.947. The van der Waals surface area contributed by atoms with E-state index in [4.69, 9.17) is 9.84 Å². The van der Waals surface area contributed by atoms with Crippen LogP contribution in [0.3, 0.4) is 0 Å². The normalized spacial score (nSPS) is 23.1. The summed E-state index contributed by atoms with van der Waals surface area (Å²) in [6, 6.07) is 4.81. The summed E-state index contributed by atoms with van der Waals surface area (Å²) >= 11 is 0. The Morgan fingerprint density at radius 1 is 1.55 bits per heavy atom. The molecule has 4 heteroatoms. The van der Waals surface area contributed by atoms with Crippen molar-refractivity contribution in [1.29, 1.82) is 0 Å². The van der Waals surface area contributed by atoms with Crippen LogP contribution in [0.2, 0.25) is 0 Å². The summed E-state index contributed by atoms with van der Waals surface area (Å²) in [5.74, 6) is -0.0194. The number of rotatable bonds is 4. The number of aliphatic hydroxyl groups excluding tert-OH is 1. The van der Waals surface area contributed by atoms with Crippen LogP contribution in [-0.4, -0.2) is 22.5 Å². The van der Waals surface area contributed by atoms with E-state index in [0.29, 0.717) is 12.2 Å². The molecule has 2 unspecified atom stereocenters. The van der Waals surface area contributed by atoms with Crippen LogP contribution < -0.4 is 4.74 Å². The SMILES string of the molecule is C/C=C\C(CC)[C@@H]1CC(O)Oc2ccc(C(=O)O)cc21. The average molecular weight is 276 g/mol. The number of carboxylic acid groups (broad SMARTS) is 1. The molecule has 0 aromatic heterocycles. The van der Waals surface area contributed by atoms with E-state index in [1.807, 2.05) is 13.0 Å². The van der Waals surface area contributed by atoms with Crippen molar-refractivity contribution in [1.82, 2.24) is 0 Å². The number of benzene rings is 1. The molecule has 1 aliphatic heterocycles. The van der Waals surface area contributed by atoms with Crippen LogP contribution in [0.1, 0.15) is 48.5 Å². The van der Waals surface area contributed by atoms with Gasteiger partial charge in [0.2, 0.25) is 0 Å². The van der Waals surface area contributed by atoms with Crippen LogP contribution in [0.15, 0.2) is 30.4 Å². The van der Waals surface area contributed by atoms with Crippen molar-refractivity contribution < 1.29 is 19.7 Å². The number of hydrogen-bond acceptors (Lipinski definition) is 3. The van der Waals surface area contributed by atoms with Gasteiger partial charge in [-0.25, -0.2) is 4.79 Å². The van der Waals surface area contributed by atoms with Gasteiger partial charge in [0.1, 0.15) is 5.75 Å². The highest BCUT2D eigenvalue weighted by Crippen LogP contribution is 2.42. The lowest BCUT2D eigenvalue weighted by molar-refractivity contribution is -0.0426. The molecule has 0 aliphatic carbocycles. The molecule has 1 heterocycles. The third-order valence-electron chi connectivity index (χ3n) is 3.80. The molecule has 3 atom stereocenters. The summed E-state index contributed by atoms with van der Waals surface area (Å²) < 4.78 is 5.41. The van der Waals surface area contributed by atoms with E-state index in [-0.39, 0.29) is 17.4 Å². The Morgan fingerprint density at radius 3 is 2.90 bits per heavy atom. The van der Waals surface area contributed by atoms with Gasteiger partial charge in [0, 0.05) is 6.42 Å². The highest BCUT2D eigenvalue weighted by Gasteiger charge is 2.31. The zero-order valence-electron chi connectivity index (χ0n) is 11.7. The van der Waals surface area contributed by atoms with Gasteiger partial charge in [-0.05, 0) is 48.9 Å². The van der Waals surface area contributed by atoms with Crippen molar-refractivity contribution in [2.24, 2.45) is 5.92 Å². The molecule has 20 heavy (non-hydrogen) atoms. The molecule has 0 fully saturated rings. The second kappa shape index (κ2) is 6.09. The van der Waals surface area contributed by atoms with Gasteiger partial charge in [-0.3, -0.25) is 0 Å². The Morgan fingerprint density at radius 2 is 2.30 bits per heavy atom. The number of aliphatic hydroxyl groups is 1. The molecule has 0 bridgehead atoms. The lowest BCUT2D eigenvalue weighted by atomic mass is 9.79. The zero-order chi connectivity index (χ0) is 14.7. The summed E-state index contributed by atoms with van der Waals surface area (Å²) in [5, 5.41) is 19.0. The quantitative estimate of drug-likeness (QED) is 0.829. The molecule has 108 valence electrons. The number of ether oxygens (including phenoxy) is 1. The van der Waals surface area contributed by atoms with Crippen molar-refractivity contribution in [2.45, 2.75) is 38.9 Å². The Bertz CT molecular complexity index is 521. The van der Waals surface area contributed by atoms with E-state index in [2.05, 4.69) is 13.0 Å². The summed E-state index contributed by atoms with van der Waals surface area (Å²) in [6.45, 7) is 4.06. The maximum Gasteiger partial charge on any atom is 0.335 e. The summed E-state index contributed by atoms with van der Waals surface area (Å²) in [7, 11) is 0. The third-order valence-corrected chi connectivity index (χ3v) is 3.80. The number of hydrogen-bond donors (Lipinski definition) is 2. The molecule has 0 amide bonds. The van der Waals surface area contributed by atoms with Crippen molar-refractivity contribution in [3.63, 3.8) is 0 Å². The van der Waals surface area contributed by atoms with Gasteiger partial charge in [-0.15, -0.1) is 0 Å². The number of allylic oxidation sites excluding steroid dienone is 2. The Kier molecular flexibility index (Phi) is 4.45. The molecular formula is C16H20O4. The molecule has 0 saturated heterocycles. The van der Waals surface area contributed by atoms with E-state index < -0.39 is 12.3 Å². The standard InChI is InChI=1S/C16H20O4/c1-3-5-10(4-2)12-9-15(17)20-14-7-6-11(16(18)19)8-13(12)14/h3,5-8,10,12,15,17H,4,9H2,1-2H3,(H,18,19)/b5-3-/t10?,12-,15?/m0/s1. The predicted molar refractivity (Wildman–Crippen MR) is 76.0 cm³/mol. The zero-order valence-corrected chi connectivity index (χ0v) is 11.7. The van der Waals surface area contributed by atoms with Crippen molar-refractivity contribution in [3.05, 3.63) is 41.5 Å². The van der Waals surface area contributed by atoms with Crippen LogP contribution in [0.4, 0.5) is 0 Å². The summed E-state index contributed by atoms with van der Waals surface area (Å²) in [6.07, 6.45) is 4.69. The Labute approximate surface area is 118 Å². The fourth-order valence-electron chi connectivity index (χ4n) is 2.82. The van der Waals surface area contributed by atoms with Crippen LogP contribution in [-0.2, 0) is 0 Å². The van der Waals surface area contributed by atoms with E-state index in [1.54, 1.807) is 12.1 Å². The fraction of sp³-hybridized carbons (Fsp3) is 0.438. The molecular weight excluding hydrogens is 256 g/mol.